The van der Waals surface area contributed by atoms with Crippen molar-refractivity contribution < 1.29 is 0 Å². The number of nitrogens with one attached hydrogen (secondary N) is 1. The van der Waals surface area contributed by atoms with Crippen LogP contribution in [0.2, 0.25) is 0 Å². The predicted octanol–water partition coefficient (Wildman–Crippen LogP) is 5.71. The molecule has 1 heterocycles. The molecule has 2 aromatic carbocycles. The minimum Gasteiger partial charge on any atom is -0.245 e. The summed E-state index contributed by atoms with van der Waals surface area (Å²) < 4.78 is 0. The van der Waals surface area contributed by atoms with Crippen LogP contribution >= 0.6 is 0 Å². The molecule has 0 spiro atoms. The van der Waals surface area contributed by atoms with E-state index < -0.39 is 0 Å². The predicted molar refractivity (Wildman–Crippen MR) is 113 cm³/mol. The molecule has 4 nitrogen and oxygen atoms in total. The number of aromatic nitrogens is 2. The zero-order valence-electron chi connectivity index (χ0n) is 16.0. The first-order valence-electron chi connectivity index (χ1n) is 9.53. The molecule has 138 valence electrons. The number of nitrogens with zero attached hydrogens (tertiary/aromatic N) is 3. The summed E-state index contributed by atoms with van der Waals surface area (Å²) in [5.74, 6) is 0.491. The molecule has 0 aliphatic carbocycles. The van der Waals surface area contributed by atoms with Crippen molar-refractivity contribution >= 4 is 11.7 Å². The van der Waals surface area contributed by atoms with Gasteiger partial charge in [0.1, 0.15) is 0 Å². The van der Waals surface area contributed by atoms with Crippen LogP contribution in [-0.4, -0.2) is 15.7 Å². The van der Waals surface area contributed by atoms with Gasteiger partial charge in [-0.25, -0.2) is 15.4 Å². The van der Waals surface area contributed by atoms with Crippen molar-refractivity contribution in [3.05, 3.63) is 78.1 Å². The second-order valence-electron chi connectivity index (χ2n) is 6.62. The average molecular weight is 358 g/mol. The van der Waals surface area contributed by atoms with E-state index in [0.29, 0.717) is 5.95 Å². The van der Waals surface area contributed by atoms with Gasteiger partial charge in [0.15, 0.2) is 0 Å². The van der Waals surface area contributed by atoms with Gasteiger partial charge in [-0.1, -0.05) is 74.4 Å². The molecule has 0 bridgehead atoms. The maximum absolute atomic E-state index is 4.41. The van der Waals surface area contributed by atoms with Gasteiger partial charge in [-0.3, -0.25) is 0 Å². The van der Waals surface area contributed by atoms with E-state index in [9.17, 15) is 0 Å². The molecule has 3 rings (SSSR count). The molecule has 27 heavy (non-hydrogen) atoms. The summed E-state index contributed by atoms with van der Waals surface area (Å²) >= 11 is 0. The molecule has 4 heteroatoms. The summed E-state index contributed by atoms with van der Waals surface area (Å²) in [5, 5.41) is 4.41. The van der Waals surface area contributed by atoms with E-state index in [4.69, 9.17) is 0 Å². The molecule has 0 aliphatic rings. The summed E-state index contributed by atoms with van der Waals surface area (Å²) in [4.78, 5) is 8.69. The number of aryl methyl sites for hydroxylation is 1. The Labute approximate surface area is 161 Å². The quantitative estimate of drug-likeness (QED) is 0.319. The van der Waals surface area contributed by atoms with E-state index in [-0.39, 0.29) is 0 Å². The molecule has 0 aliphatic heterocycles. The molecular weight excluding hydrogens is 332 g/mol. The number of unbranched alkanes of at least 4 members (excludes halogenated alkanes) is 2. The Hall–Kier alpha value is -3.01. The number of benzene rings is 2. The largest absolute Gasteiger partial charge is 0.245 e. The van der Waals surface area contributed by atoms with Crippen molar-refractivity contribution in [3.8, 4) is 11.1 Å². The Morgan fingerprint density at radius 2 is 1.59 bits per heavy atom. The Morgan fingerprint density at radius 3 is 2.26 bits per heavy atom. The molecule has 0 amide bonds. The highest BCUT2D eigenvalue weighted by molar-refractivity contribution is 5.99. The van der Waals surface area contributed by atoms with Gasteiger partial charge < -0.3 is 0 Å². The second-order valence-corrected chi connectivity index (χ2v) is 6.62. The highest BCUT2D eigenvalue weighted by Crippen LogP contribution is 2.17. The van der Waals surface area contributed by atoms with Gasteiger partial charge in [-0.15, -0.1) is 0 Å². The molecule has 1 N–H and O–H groups in total. The van der Waals surface area contributed by atoms with Crippen molar-refractivity contribution in [1.82, 2.24) is 9.97 Å². The van der Waals surface area contributed by atoms with Crippen LogP contribution in [-0.2, 0) is 6.42 Å². The summed E-state index contributed by atoms with van der Waals surface area (Å²) in [6.45, 7) is 4.21. The van der Waals surface area contributed by atoms with Gasteiger partial charge in [0.05, 0.1) is 5.71 Å². The third-order valence-electron chi connectivity index (χ3n) is 4.52. The molecule has 3 aromatic rings. The molecular formula is C23H26N4. The lowest BCUT2D eigenvalue weighted by atomic mass is 10.0. The van der Waals surface area contributed by atoms with Gasteiger partial charge in [-0.2, -0.15) is 5.10 Å². The molecule has 1 aromatic heterocycles. The lowest BCUT2D eigenvalue weighted by molar-refractivity contribution is 0.717. The SMILES string of the molecule is CCCCCc1ccc(/C(C)=N/Nc2ncc(-c3ccccc3)cn2)cc1. The lowest BCUT2D eigenvalue weighted by Gasteiger charge is -2.05. The van der Waals surface area contributed by atoms with Crippen LogP contribution in [0.4, 0.5) is 5.95 Å². The Kier molecular flexibility index (Phi) is 6.69. The van der Waals surface area contributed by atoms with Crippen molar-refractivity contribution in [3.63, 3.8) is 0 Å². The Bertz CT molecular complexity index is 853. The molecule has 0 unspecified atom stereocenters. The van der Waals surface area contributed by atoms with Crippen LogP contribution in [0, 0.1) is 0 Å². The summed E-state index contributed by atoms with van der Waals surface area (Å²) in [5.41, 5.74) is 8.42. The number of hydrazone groups is 1. The van der Waals surface area contributed by atoms with Crippen molar-refractivity contribution in [2.24, 2.45) is 5.10 Å². The zero-order valence-corrected chi connectivity index (χ0v) is 16.0. The monoisotopic (exact) mass is 358 g/mol. The summed E-state index contributed by atoms with van der Waals surface area (Å²) in [6, 6.07) is 18.7. The van der Waals surface area contributed by atoms with E-state index >= 15 is 0 Å². The molecule has 0 saturated carbocycles. The van der Waals surface area contributed by atoms with Gasteiger partial charge in [-0.05, 0) is 36.5 Å². The van der Waals surface area contributed by atoms with E-state index in [1.54, 1.807) is 12.4 Å². The van der Waals surface area contributed by atoms with Crippen molar-refractivity contribution in [2.45, 2.75) is 39.5 Å². The number of hydrogen-bond donors (Lipinski definition) is 1. The minimum absolute atomic E-state index is 0.491. The van der Waals surface area contributed by atoms with Crippen molar-refractivity contribution in [2.75, 3.05) is 5.43 Å². The molecule has 0 fully saturated rings. The molecule has 0 atom stereocenters. The first kappa shape index (κ1) is 18.8. The number of rotatable bonds is 8. The van der Waals surface area contributed by atoms with Crippen LogP contribution in [0.5, 0.6) is 0 Å². The lowest BCUT2D eigenvalue weighted by Crippen LogP contribution is -2.02. The Morgan fingerprint density at radius 1 is 0.889 bits per heavy atom. The van der Waals surface area contributed by atoms with Gasteiger partial charge in [0, 0.05) is 18.0 Å². The van der Waals surface area contributed by atoms with Gasteiger partial charge >= 0.3 is 0 Å². The summed E-state index contributed by atoms with van der Waals surface area (Å²) in [7, 11) is 0. The maximum Gasteiger partial charge on any atom is 0.243 e. The minimum atomic E-state index is 0.491. The van der Waals surface area contributed by atoms with E-state index in [2.05, 4.69) is 51.7 Å². The first-order chi connectivity index (χ1) is 13.3. The maximum atomic E-state index is 4.41. The van der Waals surface area contributed by atoms with Crippen LogP contribution in [0.1, 0.15) is 44.2 Å². The topological polar surface area (TPSA) is 50.2 Å². The highest BCUT2D eigenvalue weighted by Gasteiger charge is 2.01. The van der Waals surface area contributed by atoms with Crippen LogP contribution in [0.3, 0.4) is 0 Å². The number of hydrogen-bond acceptors (Lipinski definition) is 4. The van der Waals surface area contributed by atoms with E-state index in [1.165, 1.54) is 24.8 Å². The van der Waals surface area contributed by atoms with Gasteiger partial charge in [0.25, 0.3) is 0 Å². The standard InChI is InChI=1S/C23H26N4/c1-3-4-6-9-19-12-14-20(15-13-19)18(2)26-27-23-24-16-22(17-25-23)21-10-7-5-8-11-21/h5,7-8,10-17H,3-4,6,9H2,1-2H3,(H,24,25,27)/b26-18+. The van der Waals surface area contributed by atoms with E-state index in [1.807, 2.05) is 37.3 Å². The average Bonchev–Trinajstić information content (AvgIpc) is 2.74. The normalized spacial score (nSPS) is 11.4. The first-order valence-corrected chi connectivity index (χ1v) is 9.53. The van der Waals surface area contributed by atoms with Gasteiger partial charge in [0.2, 0.25) is 5.95 Å². The summed E-state index contributed by atoms with van der Waals surface area (Å²) in [6.07, 6.45) is 8.55. The fourth-order valence-electron chi connectivity index (χ4n) is 2.86. The Balaban J connectivity index is 1.60. The van der Waals surface area contributed by atoms with E-state index in [0.717, 1.165) is 28.8 Å². The fraction of sp³-hybridized carbons (Fsp3) is 0.261. The van der Waals surface area contributed by atoms with Crippen LogP contribution < -0.4 is 5.43 Å². The molecule has 0 radical (unpaired) electrons. The zero-order chi connectivity index (χ0) is 18.9. The highest BCUT2D eigenvalue weighted by atomic mass is 15.3. The third kappa shape index (κ3) is 5.48. The smallest absolute Gasteiger partial charge is 0.243 e. The number of anilines is 1. The van der Waals surface area contributed by atoms with Crippen LogP contribution in [0.25, 0.3) is 11.1 Å². The van der Waals surface area contributed by atoms with Crippen molar-refractivity contribution in [1.29, 1.82) is 0 Å². The van der Waals surface area contributed by atoms with Crippen LogP contribution in [0.15, 0.2) is 72.1 Å². The molecule has 0 saturated heterocycles. The third-order valence-corrected chi connectivity index (χ3v) is 4.52. The second kappa shape index (κ2) is 9.62. The fourth-order valence-corrected chi connectivity index (χ4v) is 2.86.